The molecule has 162 valence electrons. The average Bonchev–Trinajstić information content (AvgIpc) is 2.69. The minimum Gasteiger partial charge on any atom is -0.492 e. The number of hydrogen-bond donors (Lipinski definition) is 2. The number of halogens is 1. The summed E-state index contributed by atoms with van der Waals surface area (Å²) in [5.41, 5.74) is 1.48. The first-order chi connectivity index (χ1) is 14.5. The summed E-state index contributed by atoms with van der Waals surface area (Å²) in [6.45, 7) is 0.838. The van der Waals surface area contributed by atoms with Crippen LogP contribution in [0.3, 0.4) is 0 Å². The van der Waals surface area contributed by atoms with Crippen LogP contribution in [0.5, 0.6) is 5.75 Å². The first-order valence-electron chi connectivity index (χ1n) is 10.9. The van der Waals surface area contributed by atoms with Gasteiger partial charge in [-0.15, -0.1) is 0 Å². The minimum atomic E-state index is -0.915. The van der Waals surface area contributed by atoms with Crippen LogP contribution >= 0.6 is 11.6 Å². The van der Waals surface area contributed by atoms with Gasteiger partial charge in [-0.05, 0) is 54.9 Å². The maximum atomic E-state index is 12.8. The molecule has 2 saturated carbocycles. The number of fused-ring (bicyclic) bond motifs is 1. The van der Waals surface area contributed by atoms with E-state index in [4.69, 9.17) is 21.4 Å². The zero-order valence-electron chi connectivity index (χ0n) is 17.2. The highest BCUT2D eigenvalue weighted by Gasteiger charge is 2.43. The van der Waals surface area contributed by atoms with Gasteiger partial charge in [0.1, 0.15) is 5.75 Å². The second-order valence-corrected chi connectivity index (χ2v) is 9.02. The zero-order chi connectivity index (χ0) is 21.1. The van der Waals surface area contributed by atoms with Gasteiger partial charge in [0, 0.05) is 12.7 Å². The molecule has 0 bridgehead atoms. The van der Waals surface area contributed by atoms with E-state index >= 15 is 0 Å². The Kier molecular flexibility index (Phi) is 6.23. The summed E-state index contributed by atoms with van der Waals surface area (Å²) in [6.07, 6.45) is 10.5. The van der Waals surface area contributed by atoms with Crippen LogP contribution in [-0.4, -0.2) is 35.2 Å². The van der Waals surface area contributed by atoms with Gasteiger partial charge in [0.05, 0.1) is 23.6 Å². The molecule has 2 fully saturated rings. The molecule has 2 aliphatic carbocycles. The lowest BCUT2D eigenvalue weighted by atomic mass is 9.72. The van der Waals surface area contributed by atoms with E-state index < -0.39 is 11.5 Å². The van der Waals surface area contributed by atoms with E-state index in [1.54, 1.807) is 0 Å². The lowest BCUT2D eigenvalue weighted by Crippen LogP contribution is -2.56. The molecule has 0 radical (unpaired) electrons. The highest BCUT2D eigenvalue weighted by Crippen LogP contribution is 2.45. The molecule has 2 amide bonds. The van der Waals surface area contributed by atoms with Gasteiger partial charge in [-0.3, -0.25) is 4.79 Å². The molecule has 0 aromatic heterocycles. The molecule has 1 unspecified atom stereocenters. The third kappa shape index (κ3) is 4.29. The number of ether oxygens (including phenoxy) is 1. The van der Waals surface area contributed by atoms with Crippen molar-refractivity contribution in [2.24, 2.45) is 5.92 Å². The van der Waals surface area contributed by atoms with E-state index in [-0.39, 0.29) is 19.0 Å². The lowest BCUT2D eigenvalue weighted by Gasteiger charge is -2.45. The fraction of sp³-hybridized carbons (Fsp3) is 0.565. The Labute approximate surface area is 182 Å². The number of carbonyl (C=O) groups excluding carboxylic acids is 1. The summed E-state index contributed by atoms with van der Waals surface area (Å²) in [4.78, 5) is 25.1. The van der Waals surface area contributed by atoms with E-state index in [1.807, 2.05) is 24.4 Å². The van der Waals surface area contributed by atoms with Gasteiger partial charge in [-0.25, -0.2) is 4.79 Å². The van der Waals surface area contributed by atoms with Crippen molar-refractivity contribution in [1.82, 2.24) is 10.2 Å². The summed E-state index contributed by atoms with van der Waals surface area (Å²) in [5.74, 6) is 0.558. The number of carboxylic acids is 1. The second kappa shape index (κ2) is 8.88. The first-order valence-corrected chi connectivity index (χ1v) is 11.3. The predicted molar refractivity (Wildman–Crippen MR) is 115 cm³/mol. The van der Waals surface area contributed by atoms with Crippen LogP contribution in [0.1, 0.15) is 63.4 Å². The van der Waals surface area contributed by atoms with Crippen LogP contribution in [0.15, 0.2) is 30.0 Å². The number of aliphatic carboxylic acids is 1. The molecule has 0 spiro atoms. The largest absolute Gasteiger partial charge is 0.492 e. The highest BCUT2D eigenvalue weighted by atomic mass is 35.5. The molecule has 3 aliphatic rings. The molecule has 1 aliphatic heterocycles. The van der Waals surface area contributed by atoms with Crippen LogP contribution < -0.4 is 10.1 Å². The molecule has 1 heterocycles. The van der Waals surface area contributed by atoms with Crippen molar-refractivity contribution in [2.75, 3.05) is 13.2 Å². The van der Waals surface area contributed by atoms with Crippen molar-refractivity contribution in [3.8, 4) is 5.75 Å². The van der Waals surface area contributed by atoms with Crippen LogP contribution in [0.25, 0.3) is 0 Å². The quantitative estimate of drug-likeness (QED) is 0.601. The van der Waals surface area contributed by atoms with Crippen LogP contribution in [0, 0.1) is 5.92 Å². The molecule has 0 saturated heterocycles. The molecule has 30 heavy (non-hydrogen) atoms. The normalized spacial score (nSPS) is 23.8. The van der Waals surface area contributed by atoms with E-state index in [0.29, 0.717) is 17.4 Å². The number of carbonyl (C=O) groups is 2. The van der Waals surface area contributed by atoms with E-state index in [0.717, 1.165) is 49.2 Å². The Morgan fingerprint density at radius 2 is 2.13 bits per heavy atom. The van der Waals surface area contributed by atoms with Gasteiger partial charge in [-0.1, -0.05) is 43.4 Å². The Bertz CT molecular complexity index is 852. The number of hydrogen-bond acceptors (Lipinski definition) is 3. The first kappa shape index (κ1) is 21.0. The molecule has 1 aromatic carbocycles. The minimum absolute atomic E-state index is 0.0804. The fourth-order valence-electron chi connectivity index (χ4n) is 4.68. The number of urea groups is 1. The number of amides is 2. The molecule has 7 heteroatoms. The summed E-state index contributed by atoms with van der Waals surface area (Å²) < 4.78 is 5.91. The van der Waals surface area contributed by atoms with Gasteiger partial charge in [-0.2, -0.15) is 0 Å². The highest BCUT2D eigenvalue weighted by molar-refractivity contribution is 6.32. The maximum Gasteiger partial charge on any atom is 0.322 e. The zero-order valence-corrected chi connectivity index (χ0v) is 17.9. The van der Waals surface area contributed by atoms with Crippen LogP contribution in [0.4, 0.5) is 4.79 Å². The summed E-state index contributed by atoms with van der Waals surface area (Å²) in [6, 6.07) is 5.55. The molecule has 6 nitrogen and oxygen atoms in total. The number of nitrogens with one attached hydrogen (secondary N) is 1. The fourth-order valence-corrected chi connectivity index (χ4v) is 4.92. The summed E-state index contributed by atoms with van der Waals surface area (Å²) in [7, 11) is 0. The van der Waals surface area contributed by atoms with E-state index in [9.17, 15) is 9.59 Å². The Hall–Kier alpha value is -2.21. The monoisotopic (exact) mass is 432 g/mol. The second-order valence-electron chi connectivity index (χ2n) is 8.61. The van der Waals surface area contributed by atoms with Crippen molar-refractivity contribution in [3.05, 3.63) is 40.6 Å². The van der Waals surface area contributed by atoms with Crippen molar-refractivity contribution in [2.45, 2.75) is 63.3 Å². The molecular weight excluding hydrogens is 404 g/mol. The smallest absolute Gasteiger partial charge is 0.322 e. The standard InChI is InChI=1S/C23H29ClN2O4/c24-19-14-17(7-8-20(19)30-13-10-16-4-3-5-16)23-11-2-1-6-18(23)15-26(22(29)25-23)12-9-21(27)28/h7-8,14-16H,1-6,9-13H2,(H,25,29)(H,27,28). The van der Waals surface area contributed by atoms with Gasteiger partial charge < -0.3 is 20.1 Å². The Morgan fingerprint density at radius 1 is 1.30 bits per heavy atom. The van der Waals surface area contributed by atoms with Crippen molar-refractivity contribution < 1.29 is 19.4 Å². The topological polar surface area (TPSA) is 78.9 Å². The molecular formula is C23H29ClN2O4. The number of carboxylic acid groups (broad SMARTS) is 1. The molecule has 1 aromatic rings. The van der Waals surface area contributed by atoms with Gasteiger partial charge >= 0.3 is 12.0 Å². The molecule has 4 rings (SSSR count). The number of nitrogens with zero attached hydrogens (tertiary/aromatic N) is 1. The van der Waals surface area contributed by atoms with Crippen LogP contribution in [0.2, 0.25) is 5.02 Å². The predicted octanol–water partition coefficient (Wildman–Crippen LogP) is 5.06. The lowest BCUT2D eigenvalue weighted by molar-refractivity contribution is -0.137. The number of rotatable bonds is 8. The van der Waals surface area contributed by atoms with Gasteiger partial charge in [0.25, 0.3) is 0 Å². The third-order valence-corrected chi connectivity index (χ3v) is 6.98. The Morgan fingerprint density at radius 3 is 2.83 bits per heavy atom. The van der Waals surface area contributed by atoms with Gasteiger partial charge in [0.15, 0.2) is 0 Å². The SMILES string of the molecule is O=C(O)CCN1C=C2CCCCC2(c2ccc(OCCC3CCC3)c(Cl)c2)NC1=O. The third-order valence-electron chi connectivity index (χ3n) is 6.69. The maximum absolute atomic E-state index is 12.8. The molecule has 2 N–H and O–H groups in total. The van der Waals surface area contributed by atoms with Crippen molar-refractivity contribution >= 4 is 23.6 Å². The average molecular weight is 433 g/mol. The van der Waals surface area contributed by atoms with E-state index in [2.05, 4.69) is 5.32 Å². The van der Waals surface area contributed by atoms with Crippen molar-refractivity contribution in [1.29, 1.82) is 0 Å². The summed E-state index contributed by atoms with van der Waals surface area (Å²) >= 11 is 6.56. The number of benzene rings is 1. The Balaban J connectivity index is 1.53. The summed E-state index contributed by atoms with van der Waals surface area (Å²) in [5, 5.41) is 12.7. The van der Waals surface area contributed by atoms with Crippen LogP contribution in [-0.2, 0) is 10.3 Å². The van der Waals surface area contributed by atoms with E-state index in [1.165, 1.54) is 24.2 Å². The molecule has 1 atom stereocenters. The van der Waals surface area contributed by atoms with Crippen molar-refractivity contribution in [3.63, 3.8) is 0 Å². The van der Waals surface area contributed by atoms with Gasteiger partial charge in [0.2, 0.25) is 0 Å².